The zero-order chi connectivity index (χ0) is 48.3. The van der Waals surface area contributed by atoms with Crippen LogP contribution in [-0.2, 0) is 0 Å². The molecule has 0 fully saturated rings. The van der Waals surface area contributed by atoms with E-state index in [1.807, 2.05) is 146 Å². The molecule has 3 aromatic heterocycles. The summed E-state index contributed by atoms with van der Waals surface area (Å²) in [6.07, 6.45) is 9.10. The Hall–Kier alpha value is -11.0. The third-order valence-electron chi connectivity index (χ3n) is 12.4. The van der Waals surface area contributed by atoms with Crippen LogP contribution in [0.5, 0.6) is 34.5 Å². The molecule has 7 aromatic carbocycles. The van der Waals surface area contributed by atoms with E-state index in [9.17, 15) is 10.5 Å². The molecule has 0 saturated heterocycles. The fraction of sp³-hybridized carbons (Fsp3) is 0. The van der Waals surface area contributed by atoms with Crippen molar-refractivity contribution in [3.63, 3.8) is 0 Å². The second kappa shape index (κ2) is 16.7. The standard InChI is InChI=1S/C57H30N12O3/c1-60-51-33-65-38(32-66-51)54-56(68-41-16-4-10-22-47(41)71-48-23-11-5-17-42(48)68)52(36-30-61-34(26-58)28-63-36)55(67-39-14-2-8-20-45(39)70-46-21-9-3-15-40(46)67)53(37-31-62-35(27-59)29-64-37)57(54)69-43-18-6-12-24-49(43)72-50-25-13-7-19-44(50)69/h2-25,28-33H. The highest BCUT2D eigenvalue weighted by molar-refractivity contribution is 6.18. The van der Waals surface area contributed by atoms with Crippen molar-refractivity contribution in [1.29, 1.82) is 10.5 Å². The molecule has 0 radical (unpaired) electrons. The van der Waals surface area contributed by atoms with Gasteiger partial charge in [0.25, 0.3) is 5.82 Å². The normalized spacial score (nSPS) is 12.4. The summed E-state index contributed by atoms with van der Waals surface area (Å²) in [7, 11) is 0. The van der Waals surface area contributed by atoms with Crippen LogP contribution in [0.25, 0.3) is 38.6 Å². The quantitative estimate of drug-likeness (QED) is 0.144. The molecule has 15 heteroatoms. The van der Waals surface area contributed by atoms with Crippen molar-refractivity contribution in [2.75, 3.05) is 14.7 Å². The van der Waals surface area contributed by atoms with Crippen molar-refractivity contribution in [2.24, 2.45) is 0 Å². The molecule has 3 aliphatic rings. The number of nitriles is 2. The van der Waals surface area contributed by atoms with Gasteiger partial charge in [-0.05, 0) is 72.8 Å². The van der Waals surface area contributed by atoms with E-state index in [1.165, 1.54) is 18.6 Å². The Morgan fingerprint density at radius 1 is 0.361 bits per heavy atom. The van der Waals surface area contributed by atoms with Gasteiger partial charge in [-0.1, -0.05) is 79.4 Å². The molecule has 15 nitrogen and oxygen atoms in total. The highest BCUT2D eigenvalue weighted by atomic mass is 16.5. The van der Waals surface area contributed by atoms with E-state index >= 15 is 0 Å². The Labute approximate surface area is 410 Å². The number of aromatic nitrogens is 6. The topological polar surface area (TPSA) is 167 Å². The van der Waals surface area contributed by atoms with Crippen LogP contribution in [0.3, 0.4) is 0 Å². The molecular weight excluding hydrogens is 901 g/mol. The molecule has 0 saturated carbocycles. The summed E-state index contributed by atoms with van der Waals surface area (Å²) in [5.41, 5.74) is 8.33. The predicted octanol–water partition coefficient (Wildman–Crippen LogP) is 14.1. The molecule has 336 valence electrons. The minimum atomic E-state index is 0.0838. The maximum Gasteiger partial charge on any atom is 0.287 e. The highest BCUT2D eigenvalue weighted by Gasteiger charge is 2.43. The molecule has 0 amide bonds. The summed E-state index contributed by atoms with van der Waals surface area (Å²) in [6.45, 7) is 7.95. The van der Waals surface area contributed by atoms with E-state index in [4.69, 9.17) is 35.7 Å². The van der Waals surface area contributed by atoms with Gasteiger partial charge in [0.05, 0.1) is 110 Å². The average Bonchev–Trinajstić information content (AvgIpc) is 3.44. The summed E-state index contributed by atoms with van der Waals surface area (Å²) in [5, 5.41) is 20.4. The lowest BCUT2D eigenvalue weighted by atomic mass is 9.87. The van der Waals surface area contributed by atoms with E-state index in [1.54, 1.807) is 18.6 Å². The van der Waals surface area contributed by atoms with E-state index in [0.717, 1.165) is 0 Å². The number of hydrogen-bond donors (Lipinski definition) is 0. The monoisotopic (exact) mass is 930 g/mol. The van der Waals surface area contributed by atoms with Gasteiger partial charge in [0.15, 0.2) is 45.9 Å². The summed E-state index contributed by atoms with van der Waals surface area (Å²) in [4.78, 5) is 39.4. The van der Waals surface area contributed by atoms with Crippen molar-refractivity contribution in [1.82, 2.24) is 29.9 Å². The molecule has 0 N–H and O–H groups in total. The van der Waals surface area contributed by atoms with Crippen LogP contribution in [0.1, 0.15) is 11.4 Å². The fourth-order valence-electron chi connectivity index (χ4n) is 9.48. The molecule has 0 atom stereocenters. The second-order valence-electron chi connectivity index (χ2n) is 16.5. The number of rotatable bonds is 6. The van der Waals surface area contributed by atoms with Gasteiger partial charge in [-0.3, -0.25) is 15.0 Å². The van der Waals surface area contributed by atoms with Crippen LogP contribution in [-0.4, -0.2) is 29.9 Å². The fourth-order valence-corrected chi connectivity index (χ4v) is 9.48. The number of nitrogens with zero attached hydrogens (tertiary/aromatic N) is 12. The lowest BCUT2D eigenvalue weighted by molar-refractivity contribution is 0.477. The van der Waals surface area contributed by atoms with Gasteiger partial charge < -0.3 is 33.8 Å². The van der Waals surface area contributed by atoms with Crippen LogP contribution in [0.4, 0.5) is 57.0 Å². The van der Waals surface area contributed by atoms with E-state index < -0.39 is 0 Å². The molecule has 13 rings (SSSR count). The Morgan fingerprint density at radius 3 is 0.875 bits per heavy atom. The van der Waals surface area contributed by atoms with Gasteiger partial charge in [-0.2, -0.15) is 10.5 Å². The maximum atomic E-state index is 10.2. The van der Waals surface area contributed by atoms with Crippen LogP contribution >= 0.6 is 0 Å². The Bertz CT molecular complexity index is 3410. The first-order valence-corrected chi connectivity index (χ1v) is 22.5. The molecule has 0 bridgehead atoms. The number of hydrogen-bond acceptors (Lipinski definition) is 14. The van der Waals surface area contributed by atoms with Crippen LogP contribution in [0, 0.1) is 29.2 Å². The number of anilines is 9. The minimum absolute atomic E-state index is 0.0838. The van der Waals surface area contributed by atoms with Crippen molar-refractivity contribution in [3.05, 3.63) is 206 Å². The summed E-state index contributed by atoms with van der Waals surface area (Å²) in [5.74, 6) is 3.43. The van der Waals surface area contributed by atoms with Gasteiger partial charge >= 0.3 is 0 Å². The van der Waals surface area contributed by atoms with Crippen molar-refractivity contribution in [3.8, 4) is 80.4 Å². The first-order valence-electron chi connectivity index (χ1n) is 22.5. The Kier molecular flexibility index (Phi) is 9.56. The van der Waals surface area contributed by atoms with Gasteiger partial charge in [0.1, 0.15) is 24.0 Å². The van der Waals surface area contributed by atoms with E-state index in [2.05, 4.69) is 46.6 Å². The first kappa shape index (κ1) is 41.3. The first-order chi connectivity index (χ1) is 35.6. The third kappa shape index (κ3) is 6.49. The van der Waals surface area contributed by atoms with Gasteiger partial charge in [0.2, 0.25) is 0 Å². The highest BCUT2D eigenvalue weighted by Crippen LogP contribution is 2.66. The summed E-state index contributed by atoms with van der Waals surface area (Å²) >= 11 is 0. The van der Waals surface area contributed by atoms with E-state index in [0.29, 0.717) is 119 Å². The van der Waals surface area contributed by atoms with Gasteiger partial charge in [-0.15, -0.1) is 4.98 Å². The van der Waals surface area contributed by atoms with Crippen molar-refractivity contribution >= 4 is 57.0 Å². The zero-order valence-corrected chi connectivity index (χ0v) is 37.4. The molecule has 0 aliphatic carbocycles. The largest absolute Gasteiger partial charge is 0.453 e. The van der Waals surface area contributed by atoms with Crippen molar-refractivity contribution < 1.29 is 14.2 Å². The average molecular weight is 931 g/mol. The molecule has 0 spiro atoms. The van der Waals surface area contributed by atoms with E-state index in [-0.39, 0.29) is 17.2 Å². The number of ether oxygens (including phenoxy) is 3. The molecule has 0 unspecified atom stereocenters. The predicted molar refractivity (Wildman–Crippen MR) is 269 cm³/mol. The molecule has 10 aromatic rings. The van der Waals surface area contributed by atoms with Gasteiger partial charge in [-0.25, -0.2) is 9.97 Å². The van der Waals surface area contributed by atoms with Crippen LogP contribution in [0.2, 0.25) is 0 Å². The van der Waals surface area contributed by atoms with Crippen LogP contribution < -0.4 is 28.9 Å². The zero-order valence-electron chi connectivity index (χ0n) is 37.4. The summed E-state index contributed by atoms with van der Waals surface area (Å²) in [6, 6.07) is 50.8. The lowest BCUT2D eigenvalue weighted by Gasteiger charge is -2.42. The smallest absolute Gasteiger partial charge is 0.287 e. The minimum Gasteiger partial charge on any atom is -0.453 e. The number of para-hydroxylation sites is 12. The summed E-state index contributed by atoms with van der Waals surface area (Å²) < 4.78 is 20.1. The van der Waals surface area contributed by atoms with Gasteiger partial charge in [0, 0.05) is 0 Å². The third-order valence-corrected chi connectivity index (χ3v) is 12.4. The Balaban J connectivity index is 1.35. The lowest BCUT2D eigenvalue weighted by Crippen LogP contribution is -2.25. The van der Waals surface area contributed by atoms with Crippen LogP contribution in [0.15, 0.2) is 183 Å². The van der Waals surface area contributed by atoms with Crippen molar-refractivity contribution in [2.45, 2.75) is 0 Å². The molecule has 72 heavy (non-hydrogen) atoms. The molecule has 6 heterocycles. The maximum absolute atomic E-state index is 10.2. The SMILES string of the molecule is [C-]#[N+]c1cnc(-c2c(N3c4ccccc4Oc4ccccc43)c(-c3cnc(C#N)cn3)c(N3c4ccccc4Oc4ccccc43)c(-c3cnc(C#N)cn3)c2N2c3ccccc3Oc3ccccc32)cn1. The Morgan fingerprint density at radius 2 is 0.639 bits per heavy atom. The number of fused-ring (bicyclic) bond motifs is 6. The molecular formula is C57H30N12O3. The number of benzene rings is 7. The molecule has 3 aliphatic heterocycles. The second-order valence-corrected chi connectivity index (χ2v) is 16.5.